The van der Waals surface area contributed by atoms with Crippen molar-refractivity contribution in [3.63, 3.8) is 0 Å². The number of hydrogen-bond donors (Lipinski definition) is 1. The molecule has 0 aliphatic heterocycles. The van der Waals surface area contributed by atoms with E-state index in [4.69, 9.17) is 0 Å². The zero-order valence-electron chi connectivity index (χ0n) is 16.9. The Labute approximate surface area is 168 Å². The Balaban J connectivity index is 2.19. The summed E-state index contributed by atoms with van der Waals surface area (Å²) in [4.78, 5) is 15.1. The van der Waals surface area contributed by atoms with Gasteiger partial charge in [0.15, 0.2) is 0 Å². The molecule has 1 atom stereocenters. The molecule has 0 saturated heterocycles. The molecule has 0 aromatic heterocycles. The molecule has 2 rings (SSSR count). The summed E-state index contributed by atoms with van der Waals surface area (Å²) in [6.45, 7) is 6.36. The number of hydrogen-bond acceptors (Lipinski definition) is 4. The van der Waals surface area contributed by atoms with Gasteiger partial charge >= 0.3 is 0 Å². The van der Waals surface area contributed by atoms with E-state index < -0.39 is 10.0 Å². The van der Waals surface area contributed by atoms with Crippen LogP contribution in [0.3, 0.4) is 0 Å². The molecule has 2 aromatic rings. The third-order valence-corrected chi connectivity index (χ3v) is 6.58. The lowest BCUT2D eigenvalue weighted by Crippen LogP contribution is -2.38. The number of amides is 1. The van der Waals surface area contributed by atoms with Crippen LogP contribution in [-0.2, 0) is 10.0 Å². The van der Waals surface area contributed by atoms with Gasteiger partial charge < -0.3 is 5.32 Å². The Morgan fingerprint density at radius 2 is 1.64 bits per heavy atom. The number of nitrogens with one attached hydrogen (secondary N) is 1. The molecule has 6 nitrogen and oxygen atoms in total. The monoisotopic (exact) mass is 403 g/mol. The quantitative estimate of drug-likeness (QED) is 0.699. The highest BCUT2D eigenvalue weighted by Crippen LogP contribution is 2.20. The first-order valence-corrected chi connectivity index (χ1v) is 10.8. The van der Waals surface area contributed by atoms with E-state index in [0.717, 1.165) is 23.0 Å². The second-order valence-corrected chi connectivity index (χ2v) is 8.82. The molecule has 0 spiro atoms. The van der Waals surface area contributed by atoms with Crippen LogP contribution in [0.4, 0.5) is 0 Å². The van der Waals surface area contributed by atoms with E-state index in [9.17, 15) is 13.2 Å². The van der Waals surface area contributed by atoms with Crippen LogP contribution < -0.4 is 5.32 Å². The predicted molar refractivity (Wildman–Crippen MR) is 112 cm³/mol. The summed E-state index contributed by atoms with van der Waals surface area (Å²) in [5, 5.41) is 2.97. The van der Waals surface area contributed by atoms with Crippen molar-refractivity contribution in [3.05, 3.63) is 65.7 Å². The minimum atomic E-state index is -3.58. The Hall–Kier alpha value is -2.22. The third-order valence-electron chi connectivity index (χ3n) is 4.77. The molecule has 0 radical (unpaired) electrons. The number of sulfonamides is 1. The van der Waals surface area contributed by atoms with Crippen molar-refractivity contribution in [3.8, 4) is 0 Å². The second-order valence-electron chi connectivity index (χ2n) is 6.67. The number of rotatable bonds is 9. The first-order valence-electron chi connectivity index (χ1n) is 9.41. The second kappa shape index (κ2) is 9.82. The molecule has 0 fully saturated rings. The highest BCUT2D eigenvalue weighted by molar-refractivity contribution is 7.89. The van der Waals surface area contributed by atoms with Crippen molar-refractivity contribution in [1.29, 1.82) is 0 Å². The summed E-state index contributed by atoms with van der Waals surface area (Å²) >= 11 is 0. The summed E-state index contributed by atoms with van der Waals surface area (Å²) in [5.74, 6) is -0.288. The number of carbonyl (C=O) groups is 1. The molecular formula is C21H29N3O3S. The third kappa shape index (κ3) is 5.19. The van der Waals surface area contributed by atoms with Gasteiger partial charge in [-0.3, -0.25) is 9.69 Å². The lowest BCUT2D eigenvalue weighted by Gasteiger charge is -2.30. The topological polar surface area (TPSA) is 69.7 Å². The maximum absolute atomic E-state index is 12.7. The van der Waals surface area contributed by atoms with E-state index in [-0.39, 0.29) is 16.8 Å². The molecule has 0 heterocycles. The van der Waals surface area contributed by atoms with Crippen molar-refractivity contribution in [2.45, 2.75) is 24.8 Å². The normalized spacial score (nSPS) is 12.9. The summed E-state index contributed by atoms with van der Waals surface area (Å²) in [6.07, 6.45) is 0. The zero-order chi connectivity index (χ0) is 20.7. The van der Waals surface area contributed by atoms with Gasteiger partial charge in [-0.15, -0.1) is 0 Å². The fraction of sp³-hybridized carbons (Fsp3) is 0.381. The van der Waals surface area contributed by atoms with E-state index in [1.807, 2.05) is 18.2 Å². The molecule has 1 amide bonds. The van der Waals surface area contributed by atoms with Gasteiger partial charge in [0, 0.05) is 26.2 Å². The van der Waals surface area contributed by atoms with Crippen molar-refractivity contribution < 1.29 is 13.2 Å². The molecule has 2 aromatic carbocycles. The molecule has 152 valence electrons. The fourth-order valence-corrected chi connectivity index (χ4v) is 4.05. The predicted octanol–water partition coefficient (Wildman–Crippen LogP) is 2.75. The smallest absolute Gasteiger partial charge is 0.251 e. The minimum absolute atomic E-state index is 0.0499. The largest absolute Gasteiger partial charge is 0.350 e. The molecule has 0 aliphatic rings. The Kier molecular flexibility index (Phi) is 7.74. The van der Waals surface area contributed by atoms with Crippen LogP contribution in [-0.4, -0.2) is 57.3 Å². The van der Waals surface area contributed by atoms with Crippen molar-refractivity contribution in [2.24, 2.45) is 0 Å². The van der Waals surface area contributed by atoms with E-state index in [1.165, 1.54) is 26.2 Å². The Bertz CT molecular complexity index is 879. The average molecular weight is 404 g/mol. The SMILES string of the molecule is CCN(CC)[C@@H](CNC(=O)c1cccc(S(=O)(=O)N(C)C)c1)c1ccccc1. The van der Waals surface area contributed by atoms with Crippen LogP contribution in [0.15, 0.2) is 59.5 Å². The number of likely N-dealkylation sites (N-methyl/N-ethyl adjacent to an activating group) is 1. The maximum atomic E-state index is 12.7. The standard InChI is InChI=1S/C21H29N3O3S/c1-5-24(6-2)20(17-11-8-7-9-12-17)16-22-21(25)18-13-10-14-19(15-18)28(26,27)23(3)4/h7-15,20H,5-6,16H2,1-4H3,(H,22,25)/t20-/m0/s1. The summed E-state index contributed by atoms with van der Waals surface area (Å²) in [6, 6.07) is 16.2. The van der Waals surface area contributed by atoms with E-state index in [1.54, 1.807) is 12.1 Å². The van der Waals surface area contributed by atoms with Crippen LogP contribution in [0.5, 0.6) is 0 Å². The summed E-state index contributed by atoms with van der Waals surface area (Å²) < 4.78 is 25.8. The molecule has 0 saturated carbocycles. The Morgan fingerprint density at radius 3 is 2.21 bits per heavy atom. The van der Waals surface area contributed by atoms with E-state index >= 15 is 0 Å². The fourth-order valence-electron chi connectivity index (χ4n) is 3.10. The highest BCUT2D eigenvalue weighted by atomic mass is 32.2. The Morgan fingerprint density at radius 1 is 1.00 bits per heavy atom. The van der Waals surface area contributed by atoms with Gasteiger partial charge in [-0.05, 0) is 36.9 Å². The van der Waals surface area contributed by atoms with Crippen LogP contribution >= 0.6 is 0 Å². The number of nitrogens with zero attached hydrogens (tertiary/aromatic N) is 2. The van der Waals surface area contributed by atoms with Crippen molar-refractivity contribution in [2.75, 3.05) is 33.7 Å². The average Bonchev–Trinajstić information content (AvgIpc) is 2.71. The molecule has 0 aliphatic carbocycles. The zero-order valence-corrected chi connectivity index (χ0v) is 17.7. The lowest BCUT2D eigenvalue weighted by molar-refractivity contribution is 0.0934. The van der Waals surface area contributed by atoms with Crippen LogP contribution in [0.2, 0.25) is 0 Å². The molecule has 7 heteroatoms. The van der Waals surface area contributed by atoms with Crippen LogP contribution in [0.25, 0.3) is 0 Å². The van der Waals surface area contributed by atoms with Gasteiger partial charge in [0.05, 0.1) is 10.9 Å². The first-order chi connectivity index (χ1) is 13.3. The highest BCUT2D eigenvalue weighted by Gasteiger charge is 2.21. The van der Waals surface area contributed by atoms with Gasteiger partial charge in [0.2, 0.25) is 10.0 Å². The summed E-state index contributed by atoms with van der Waals surface area (Å²) in [5.41, 5.74) is 1.46. The molecule has 0 unspecified atom stereocenters. The van der Waals surface area contributed by atoms with Crippen LogP contribution in [0, 0.1) is 0 Å². The maximum Gasteiger partial charge on any atom is 0.251 e. The van der Waals surface area contributed by atoms with Crippen LogP contribution in [0.1, 0.15) is 35.8 Å². The van der Waals surface area contributed by atoms with Gasteiger partial charge in [0.25, 0.3) is 5.91 Å². The summed E-state index contributed by atoms with van der Waals surface area (Å²) in [7, 11) is -0.646. The van der Waals surface area contributed by atoms with Gasteiger partial charge in [-0.2, -0.15) is 0 Å². The lowest BCUT2D eigenvalue weighted by atomic mass is 10.0. The van der Waals surface area contributed by atoms with Crippen molar-refractivity contribution >= 4 is 15.9 Å². The molecule has 28 heavy (non-hydrogen) atoms. The van der Waals surface area contributed by atoms with Gasteiger partial charge in [-0.1, -0.05) is 50.2 Å². The minimum Gasteiger partial charge on any atom is -0.350 e. The number of carbonyl (C=O) groups excluding carboxylic acids is 1. The molecule has 1 N–H and O–H groups in total. The number of benzene rings is 2. The molecule has 0 bridgehead atoms. The van der Waals surface area contributed by atoms with Crippen molar-refractivity contribution in [1.82, 2.24) is 14.5 Å². The molecular weight excluding hydrogens is 374 g/mol. The van der Waals surface area contributed by atoms with Gasteiger partial charge in [-0.25, -0.2) is 12.7 Å². The first kappa shape index (κ1) is 22.1. The van der Waals surface area contributed by atoms with E-state index in [2.05, 4.69) is 36.2 Å². The van der Waals surface area contributed by atoms with Gasteiger partial charge in [0.1, 0.15) is 0 Å². The van der Waals surface area contributed by atoms with E-state index in [0.29, 0.717) is 12.1 Å².